The molecule has 56 valence electrons. The van der Waals surface area contributed by atoms with Gasteiger partial charge in [0.15, 0.2) is 0 Å². The van der Waals surface area contributed by atoms with E-state index in [1.54, 1.807) is 0 Å². The van der Waals surface area contributed by atoms with Gasteiger partial charge in [0.1, 0.15) is 0 Å². The van der Waals surface area contributed by atoms with Gasteiger partial charge in [0, 0.05) is 0 Å². The summed E-state index contributed by atoms with van der Waals surface area (Å²) in [6.45, 7) is 6.90. The number of hydrogen-bond donors (Lipinski definition) is 0. The Morgan fingerprint density at radius 3 is 0.875 bits per heavy atom. The number of hydrogen-bond acceptors (Lipinski definition) is 0. The first-order chi connectivity index (χ1) is 2.00. The third kappa shape index (κ3) is 36900. The van der Waals surface area contributed by atoms with Crippen LogP contribution in [-0.2, 0) is 0 Å². The highest BCUT2D eigenvalue weighted by Gasteiger charge is 1.88. The molecule has 0 nitrogen and oxygen atoms in total. The van der Waals surface area contributed by atoms with Gasteiger partial charge in [-0.05, 0) is 7.85 Å². The summed E-state index contributed by atoms with van der Waals surface area (Å²) in [4.78, 5) is 0. The molecule has 0 amide bonds. The van der Waals surface area contributed by atoms with E-state index >= 15 is 0 Å². The van der Waals surface area contributed by atoms with Crippen molar-refractivity contribution >= 4 is 7.85 Å². The second kappa shape index (κ2) is 7.06. The van der Waals surface area contributed by atoms with Gasteiger partial charge in [-0.3, -0.25) is 0 Å². The van der Waals surface area contributed by atoms with E-state index in [4.69, 9.17) is 0 Å². The largest absolute Gasteiger partial charge is 0.172 e. The molecule has 8 heavy (non-hydrogen) atoms. The van der Waals surface area contributed by atoms with Crippen LogP contribution >= 0.6 is 0 Å². The molecule has 0 spiro atoms. The van der Waals surface area contributed by atoms with Crippen molar-refractivity contribution in [2.24, 2.45) is 0 Å². The minimum absolute atomic E-state index is 0. The summed E-state index contributed by atoms with van der Waals surface area (Å²) in [6.07, 6.45) is 0. The smallest absolute Gasteiger partial charge is 0.0419 e. The fraction of sp³-hybridized carbons (Fsp3) is 1.00. The standard InChI is InChI=1S/C4H12B.3CH4/c1-4(2,3)5;;;/h1-3,5H3;3*1H4/q-1;;;. The summed E-state index contributed by atoms with van der Waals surface area (Å²) in [5.74, 6) is 0. The monoisotopic (exact) mass is 119 g/mol. The van der Waals surface area contributed by atoms with Crippen LogP contribution in [0.15, 0.2) is 0 Å². The predicted octanol–water partition coefficient (Wildman–Crippen LogP) is 2.48. The highest BCUT2D eigenvalue weighted by atomic mass is 13.9. The maximum Gasteiger partial charge on any atom is -0.0419 e. The fourth-order valence-electron chi connectivity index (χ4n) is 0. The van der Waals surface area contributed by atoms with E-state index in [2.05, 4.69) is 20.8 Å². The molecule has 0 fully saturated rings. The molecule has 0 aromatic carbocycles. The Labute approximate surface area is 57.1 Å². The average Bonchev–Trinajstić information content (AvgIpc) is 0.722. The van der Waals surface area contributed by atoms with Crippen LogP contribution in [0, 0.1) is 0 Å². The zero-order valence-corrected chi connectivity index (χ0v) is 3.50. The normalized spacial score (nSPS) is 7.50. The Morgan fingerprint density at radius 2 is 0.875 bits per heavy atom. The second-order valence-electron chi connectivity index (χ2n) is 1.50. The lowest BCUT2D eigenvalue weighted by molar-refractivity contribution is 0.767. The molecule has 0 aliphatic carbocycles. The zero-order valence-electron chi connectivity index (χ0n) is 3.50. The van der Waals surface area contributed by atoms with Gasteiger partial charge < -0.3 is 0 Å². The molecule has 0 radical (unpaired) electrons. The van der Waals surface area contributed by atoms with E-state index in [9.17, 15) is 0 Å². The molecule has 0 saturated heterocycles. The van der Waals surface area contributed by atoms with Crippen molar-refractivity contribution in [1.29, 1.82) is 0 Å². The van der Waals surface area contributed by atoms with Crippen LogP contribution in [0.4, 0.5) is 0 Å². The Hall–Kier alpha value is 0.0649. The molecular formula is C7H24B-. The lowest BCUT2D eigenvalue weighted by Crippen LogP contribution is -1.90. The molecule has 0 aromatic rings. The lowest BCUT2D eigenvalue weighted by atomic mass is 9.75. The summed E-state index contributed by atoms with van der Waals surface area (Å²) in [7, 11) is 0.604. The Balaban J connectivity index is -0.0000000267. The SMILES string of the molecule is C.C.C.[BH3-]C(C)(C)C. The van der Waals surface area contributed by atoms with Gasteiger partial charge in [0.2, 0.25) is 0 Å². The summed E-state index contributed by atoms with van der Waals surface area (Å²) in [5, 5.41) is 0.750. The quantitative estimate of drug-likeness (QED) is 0.429. The van der Waals surface area contributed by atoms with Crippen LogP contribution in [0.25, 0.3) is 0 Å². The van der Waals surface area contributed by atoms with Crippen LogP contribution in [0.1, 0.15) is 43.1 Å². The van der Waals surface area contributed by atoms with E-state index in [-0.39, 0.29) is 22.3 Å². The molecule has 0 aliphatic rings. The third-order valence-electron chi connectivity index (χ3n) is 0. The maximum absolute atomic E-state index is 2.30. The molecule has 0 bridgehead atoms. The van der Waals surface area contributed by atoms with Gasteiger partial charge in [0.25, 0.3) is 0 Å². The first-order valence-electron chi connectivity index (χ1n) is 1.50. The Kier molecular flexibility index (Phi) is 21.5. The first-order valence-corrected chi connectivity index (χ1v) is 1.50. The summed E-state index contributed by atoms with van der Waals surface area (Å²) < 4.78 is 0. The predicted molar refractivity (Wildman–Crippen MR) is 49.8 cm³/mol. The highest BCUT2D eigenvalue weighted by molar-refractivity contribution is 6.14. The van der Waals surface area contributed by atoms with Crippen molar-refractivity contribution < 1.29 is 0 Å². The molecule has 0 aliphatic heterocycles. The third-order valence-corrected chi connectivity index (χ3v) is 0. The van der Waals surface area contributed by atoms with E-state index in [0.29, 0.717) is 7.85 Å². The van der Waals surface area contributed by atoms with E-state index in [0.717, 1.165) is 5.31 Å². The van der Waals surface area contributed by atoms with Crippen LogP contribution < -0.4 is 0 Å². The van der Waals surface area contributed by atoms with Crippen molar-refractivity contribution in [2.45, 2.75) is 48.4 Å². The van der Waals surface area contributed by atoms with Gasteiger partial charge in [-0.15, -0.1) is 0 Å². The van der Waals surface area contributed by atoms with Crippen LogP contribution in [-0.4, -0.2) is 7.85 Å². The molecule has 0 rings (SSSR count). The van der Waals surface area contributed by atoms with Crippen LogP contribution in [0.3, 0.4) is 0 Å². The topological polar surface area (TPSA) is 0 Å². The fourth-order valence-corrected chi connectivity index (χ4v) is 0. The minimum Gasteiger partial charge on any atom is -0.172 e. The molecule has 0 saturated carbocycles. The highest BCUT2D eigenvalue weighted by Crippen LogP contribution is 2.13. The summed E-state index contributed by atoms with van der Waals surface area (Å²) in [6, 6.07) is 0. The first kappa shape index (κ1) is 24.4. The van der Waals surface area contributed by atoms with Crippen LogP contribution in [0.2, 0.25) is 5.31 Å². The molecule has 0 unspecified atom stereocenters. The molecular weight excluding hydrogens is 94.9 g/mol. The number of rotatable bonds is 0. The van der Waals surface area contributed by atoms with Crippen molar-refractivity contribution in [3.05, 3.63) is 0 Å². The van der Waals surface area contributed by atoms with Crippen molar-refractivity contribution in [3.8, 4) is 0 Å². The molecule has 0 N–H and O–H groups in total. The van der Waals surface area contributed by atoms with Crippen molar-refractivity contribution in [2.75, 3.05) is 0 Å². The van der Waals surface area contributed by atoms with Gasteiger partial charge in [-0.2, -0.15) is 5.31 Å². The van der Waals surface area contributed by atoms with E-state index in [1.165, 1.54) is 0 Å². The summed E-state index contributed by atoms with van der Waals surface area (Å²) in [5.41, 5.74) is 0. The molecule has 0 atom stereocenters. The van der Waals surface area contributed by atoms with Gasteiger partial charge >= 0.3 is 0 Å². The van der Waals surface area contributed by atoms with E-state index < -0.39 is 0 Å². The molecule has 0 heterocycles. The lowest BCUT2D eigenvalue weighted by Gasteiger charge is -2.13. The Morgan fingerprint density at radius 1 is 0.875 bits per heavy atom. The van der Waals surface area contributed by atoms with Gasteiger partial charge in [-0.25, -0.2) is 0 Å². The zero-order chi connectivity index (χ0) is 4.50. The summed E-state index contributed by atoms with van der Waals surface area (Å²) >= 11 is 0. The molecule has 1 heteroatoms. The molecule has 0 aromatic heterocycles. The Bertz CT molecular complexity index is 19.9. The minimum atomic E-state index is 0. The second-order valence-corrected chi connectivity index (χ2v) is 1.50. The van der Waals surface area contributed by atoms with Gasteiger partial charge in [0.05, 0.1) is 0 Å². The average molecular weight is 119 g/mol. The van der Waals surface area contributed by atoms with Crippen LogP contribution in [0.5, 0.6) is 0 Å². The van der Waals surface area contributed by atoms with E-state index in [1.807, 2.05) is 0 Å². The maximum atomic E-state index is 2.30. The van der Waals surface area contributed by atoms with Crippen molar-refractivity contribution in [3.63, 3.8) is 0 Å². The van der Waals surface area contributed by atoms with Crippen molar-refractivity contribution in [1.82, 2.24) is 0 Å². The van der Waals surface area contributed by atoms with Gasteiger partial charge in [-0.1, -0.05) is 43.1 Å².